The second-order valence-electron chi connectivity index (χ2n) is 1.72. The van der Waals surface area contributed by atoms with Gasteiger partial charge in [-0.3, -0.25) is 0 Å². The van der Waals surface area contributed by atoms with E-state index in [1.165, 1.54) is 11.3 Å². The van der Waals surface area contributed by atoms with Gasteiger partial charge in [0.1, 0.15) is 10.0 Å². The highest BCUT2D eigenvalue weighted by molar-refractivity contribution is 7.11. The number of hydrogen-bond acceptors (Lipinski definition) is 3. The highest BCUT2D eigenvalue weighted by Gasteiger charge is 1.99. The zero-order valence-corrected chi connectivity index (χ0v) is 6.95. The van der Waals surface area contributed by atoms with Gasteiger partial charge in [0, 0.05) is 6.42 Å². The maximum Gasteiger partial charge on any atom is 0.132 e. The number of allylic oxidation sites excluding steroid dienone is 1. The number of hydrogen-bond donors (Lipinski definition) is 0. The predicted molar refractivity (Wildman–Crippen MR) is 43.4 cm³/mol. The summed E-state index contributed by atoms with van der Waals surface area (Å²) in [6.07, 6.45) is 2.59. The molecule has 0 aliphatic carbocycles. The summed E-state index contributed by atoms with van der Waals surface area (Å²) in [5.74, 6) is 0.453. The second-order valence-corrected chi connectivity index (χ2v) is 3.13. The summed E-state index contributed by atoms with van der Waals surface area (Å²) in [6.45, 7) is 3.60. The van der Waals surface area contributed by atoms with Gasteiger partial charge in [-0.15, -0.1) is 28.4 Å². The first kappa shape index (κ1) is 7.69. The lowest BCUT2D eigenvalue weighted by Crippen LogP contribution is -1.77. The van der Waals surface area contributed by atoms with Crippen molar-refractivity contribution in [3.05, 3.63) is 22.7 Å². The molecular weight excluding hydrogens is 168 g/mol. The lowest BCUT2D eigenvalue weighted by molar-refractivity contribution is 0.986. The minimum Gasteiger partial charge on any atom is -0.143 e. The van der Waals surface area contributed by atoms with Crippen molar-refractivity contribution in [3.8, 4) is 0 Å². The van der Waals surface area contributed by atoms with Gasteiger partial charge in [0.25, 0.3) is 0 Å². The molecule has 0 aliphatic heterocycles. The highest BCUT2D eigenvalue weighted by Crippen LogP contribution is 2.11. The SMILES string of the molecule is C=CCc1nnc(CCl)s1. The molecule has 0 saturated heterocycles. The average Bonchev–Trinajstić information content (AvgIpc) is 2.37. The molecule has 2 nitrogen and oxygen atoms in total. The Hall–Kier alpha value is -0.410. The van der Waals surface area contributed by atoms with Crippen molar-refractivity contribution in [1.29, 1.82) is 0 Å². The Balaban J connectivity index is 2.67. The monoisotopic (exact) mass is 174 g/mol. The van der Waals surface area contributed by atoms with Gasteiger partial charge in [0.05, 0.1) is 5.88 Å². The van der Waals surface area contributed by atoms with Crippen LogP contribution in [-0.2, 0) is 12.3 Å². The Kier molecular flexibility index (Phi) is 2.83. The number of halogens is 1. The third kappa shape index (κ3) is 1.78. The summed E-state index contributed by atoms with van der Waals surface area (Å²) in [5, 5.41) is 9.58. The molecule has 10 heavy (non-hydrogen) atoms. The van der Waals surface area contributed by atoms with E-state index in [4.69, 9.17) is 11.6 Å². The molecule has 4 heteroatoms. The molecule has 0 bridgehead atoms. The molecule has 1 rings (SSSR count). The molecule has 54 valence electrons. The summed E-state index contributed by atoms with van der Waals surface area (Å²) in [7, 11) is 0. The fourth-order valence-electron chi connectivity index (χ4n) is 0.548. The van der Waals surface area contributed by atoms with E-state index in [2.05, 4.69) is 16.8 Å². The van der Waals surface area contributed by atoms with Gasteiger partial charge >= 0.3 is 0 Å². The van der Waals surface area contributed by atoms with E-state index in [0.717, 1.165) is 16.4 Å². The molecule has 0 spiro atoms. The van der Waals surface area contributed by atoms with Gasteiger partial charge in [-0.1, -0.05) is 17.4 Å². The average molecular weight is 175 g/mol. The normalized spacial score (nSPS) is 9.70. The van der Waals surface area contributed by atoms with Crippen molar-refractivity contribution in [2.24, 2.45) is 0 Å². The molecule has 1 heterocycles. The second kappa shape index (κ2) is 3.68. The van der Waals surface area contributed by atoms with Gasteiger partial charge < -0.3 is 0 Å². The fourth-order valence-corrected chi connectivity index (χ4v) is 1.46. The van der Waals surface area contributed by atoms with Crippen molar-refractivity contribution in [3.63, 3.8) is 0 Å². The smallest absolute Gasteiger partial charge is 0.132 e. The zero-order valence-electron chi connectivity index (χ0n) is 5.38. The van der Waals surface area contributed by atoms with E-state index in [9.17, 15) is 0 Å². The van der Waals surface area contributed by atoms with Crippen LogP contribution in [0, 0.1) is 0 Å². The molecule has 0 aromatic carbocycles. The Morgan fingerprint density at radius 1 is 1.50 bits per heavy atom. The molecule has 0 N–H and O–H groups in total. The predicted octanol–water partition coefficient (Wildman–Crippen LogP) is 2.01. The van der Waals surface area contributed by atoms with E-state index in [0.29, 0.717) is 5.88 Å². The van der Waals surface area contributed by atoms with E-state index >= 15 is 0 Å². The van der Waals surface area contributed by atoms with Crippen LogP contribution in [0.2, 0.25) is 0 Å². The van der Waals surface area contributed by atoms with Crippen molar-refractivity contribution < 1.29 is 0 Å². The molecule has 0 amide bonds. The van der Waals surface area contributed by atoms with Crippen LogP contribution in [0.3, 0.4) is 0 Å². The molecule has 1 aromatic rings. The lowest BCUT2D eigenvalue weighted by Gasteiger charge is -1.79. The van der Waals surface area contributed by atoms with E-state index in [1.807, 2.05) is 0 Å². The van der Waals surface area contributed by atoms with Crippen LogP contribution < -0.4 is 0 Å². The van der Waals surface area contributed by atoms with E-state index in [1.54, 1.807) is 6.08 Å². The van der Waals surface area contributed by atoms with Crippen LogP contribution >= 0.6 is 22.9 Å². The van der Waals surface area contributed by atoms with Gasteiger partial charge in [0.15, 0.2) is 0 Å². The summed E-state index contributed by atoms with van der Waals surface area (Å²) >= 11 is 7.05. The topological polar surface area (TPSA) is 25.8 Å². The summed E-state index contributed by atoms with van der Waals surface area (Å²) in [6, 6.07) is 0. The van der Waals surface area contributed by atoms with Crippen LogP contribution in [0.1, 0.15) is 10.0 Å². The molecule has 0 radical (unpaired) electrons. The van der Waals surface area contributed by atoms with Crippen LogP contribution in [0.5, 0.6) is 0 Å². The summed E-state index contributed by atoms with van der Waals surface area (Å²) in [4.78, 5) is 0. The Labute approximate surface area is 68.6 Å². The molecule has 1 aromatic heterocycles. The minimum absolute atomic E-state index is 0.453. The van der Waals surface area contributed by atoms with Crippen LogP contribution in [-0.4, -0.2) is 10.2 Å². The standard InChI is InChI=1S/C6H7ClN2S/c1-2-3-5-8-9-6(4-7)10-5/h2H,1,3-4H2. The highest BCUT2D eigenvalue weighted by atomic mass is 35.5. The Morgan fingerprint density at radius 2 is 2.20 bits per heavy atom. The van der Waals surface area contributed by atoms with Gasteiger partial charge in [-0.2, -0.15) is 0 Å². The molecular formula is C6H7ClN2S. The van der Waals surface area contributed by atoms with E-state index in [-0.39, 0.29) is 0 Å². The largest absolute Gasteiger partial charge is 0.143 e. The van der Waals surface area contributed by atoms with Gasteiger partial charge in [-0.25, -0.2) is 0 Å². The number of aromatic nitrogens is 2. The number of rotatable bonds is 3. The Bertz CT molecular complexity index is 221. The van der Waals surface area contributed by atoms with Gasteiger partial charge in [-0.05, 0) is 0 Å². The van der Waals surface area contributed by atoms with Gasteiger partial charge in [0.2, 0.25) is 0 Å². The molecule has 0 unspecified atom stereocenters. The van der Waals surface area contributed by atoms with Crippen LogP contribution in [0.15, 0.2) is 12.7 Å². The third-order valence-corrected chi connectivity index (χ3v) is 2.30. The molecule has 0 aliphatic rings. The Morgan fingerprint density at radius 3 is 2.70 bits per heavy atom. The quantitative estimate of drug-likeness (QED) is 0.518. The fraction of sp³-hybridized carbons (Fsp3) is 0.333. The maximum atomic E-state index is 5.52. The first-order chi connectivity index (χ1) is 4.86. The van der Waals surface area contributed by atoms with Crippen LogP contribution in [0.25, 0.3) is 0 Å². The number of nitrogens with zero attached hydrogens (tertiary/aromatic N) is 2. The molecule has 0 atom stereocenters. The van der Waals surface area contributed by atoms with Crippen molar-refractivity contribution >= 4 is 22.9 Å². The van der Waals surface area contributed by atoms with Crippen LogP contribution in [0.4, 0.5) is 0 Å². The van der Waals surface area contributed by atoms with Crippen molar-refractivity contribution in [2.75, 3.05) is 0 Å². The maximum absolute atomic E-state index is 5.52. The third-order valence-electron chi connectivity index (χ3n) is 0.942. The molecule has 0 fully saturated rings. The zero-order chi connectivity index (χ0) is 7.40. The summed E-state index contributed by atoms with van der Waals surface area (Å²) < 4.78 is 0. The van der Waals surface area contributed by atoms with E-state index < -0.39 is 0 Å². The first-order valence-electron chi connectivity index (χ1n) is 2.85. The van der Waals surface area contributed by atoms with Crippen molar-refractivity contribution in [1.82, 2.24) is 10.2 Å². The minimum atomic E-state index is 0.453. The van der Waals surface area contributed by atoms with Crippen molar-refractivity contribution in [2.45, 2.75) is 12.3 Å². The lowest BCUT2D eigenvalue weighted by atomic mass is 10.5. The summed E-state index contributed by atoms with van der Waals surface area (Å²) in [5.41, 5.74) is 0. The number of alkyl halides is 1. The first-order valence-corrected chi connectivity index (χ1v) is 4.20. The molecule has 0 saturated carbocycles.